The molecule has 13 heteroatoms. The number of phenolic OH excluding ortho intramolecular Hbond substituents is 1. The summed E-state index contributed by atoms with van der Waals surface area (Å²) in [5.41, 5.74) is -1.26. The third kappa shape index (κ3) is 6.15. The monoisotopic (exact) mass is 658 g/mol. The minimum Gasteiger partial charge on any atom is -0.504 e. The van der Waals surface area contributed by atoms with E-state index in [4.69, 9.17) is 23.7 Å². The molecule has 1 saturated heterocycles. The second-order valence-electron chi connectivity index (χ2n) is 14.5. The number of benzene rings is 1. The number of amides is 1. The van der Waals surface area contributed by atoms with Gasteiger partial charge in [-0.25, -0.2) is 14.4 Å². The zero-order chi connectivity index (χ0) is 34.6. The molecule has 258 valence electrons. The standard InChI is InChI=1S/C34H46N2O11/c1-17(2)15-21(35-28(38)18(3)44-31(41)47-32(5,6)7)30(40)43-19(4)29(39)45-23-11-12-34(42)24-16-20-9-10-22(37)26-25(20)33(34,27(23)46-26)13-14-36(24)8/h9-11,17-19,21,24,27,37,42H,12-16H2,1-8H3,(H,35,38)/t18-,19-,21-,24+,27-,33-,34+/m0/s1. The highest BCUT2D eigenvalue weighted by Gasteiger charge is 2.72. The summed E-state index contributed by atoms with van der Waals surface area (Å²) in [6.07, 6.45) is -1.42. The van der Waals surface area contributed by atoms with Crippen molar-refractivity contribution in [2.45, 2.75) is 121 Å². The van der Waals surface area contributed by atoms with Gasteiger partial charge in [0.05, 0.1) is 11.0 Å². The number of likely N-dealkylation sites (tertiary alicyclic amines) is 1. The maximum absolute atomic E-state index is 13.4. The quantitative estimate of drug-likeness (QED) is 0.262. The summed E-state index contributed by atoms with van der Waals surface area (Å²) in [7, 11) is 1.98. The van der Waals surface area contributed by atoms with E-state index in [1.807, 2.05) is 27.0 Å². The number of likely N-dealkylation sites (N-methyl/N-ethyl adjacent to an activating group) is 1. The highest BCUT2D eigenvalue weighted by molar-refractivity contribution is 5.89. The van der Waals surface area contributed by atoms with Gasteiger partial charge in [-0.3, -0.25) is 4.79 Å². The number of hydrogen-bond acceptors (Lipinski definition) is 12. The van der Waals surface area contributed by atoms with Crippen molar-refractivity contribution in [2.75, 3.05) is 13.6 Å². The third-order valence-electron chi connectivity index (χ3n) is 9.54. The number of carbonyl (C=O) groups excluding carboxylic acids is 4. The molecule has 2 bridgehead atoms. The van der Waals surface area contributed by atoms with Crippen LogP contribution in [0.2, 0.25) is 0 Å². The molecule has 5 rings (SSSR count). The number of hydrogen-bond donors (Lipinski definition) is 3. The van der Waals surface area contributed by atoms with E-state index in [0.717, 1.165) is 11.1 Å². The molecule has 0 aromatic heterocycles. The van der Waals surface area contributed by atoms with Crippen LogP contribution < -0.4 is 10.1 Å². The van der Waals surface area contributed by atoms with Gasteiger partial charge in [0, 0.05) is 18.0 Å². The Morgan fingerprint density at radius 3 is 2.45 bits per heavy atom. The van der Waals surface area contributed by atoms with E-state index in [1.54, 1.807) is 32.9 Å². The normalized spacial score (nSPS) is 27.7. The molecule has 13 nitrogen and oxygen atoms in total. The number of aromatic hydroxyl groups is 1. The van der Waals surface area contributed by atoms with Crippen molar-refractivity contribution in [3.8, 4) is 11.5 Å². The van der Waals surface area contributed by atoms with Crippen LogP contribution in [0.1, 0.15) is 78.9 Å². The van der Waals surface area contributed by atoms with Gasteiger partial charge >= 0.3 is 18.1 Å². The summed E-state index contributed by atoms with van der Waals surface area (Å²) >= 11 is 0. The van der Waals surface area contributed by atoms with E-state index >= 15 is 0 Å². The molecule has 47 heavy (non-hydrogen) atoms. The molecule has 4 aliphatic rings. The maximum Gasteiger partial charge on any atom is 0.509 e. The van der Waals surface area contributed by atoms with Crippen molar-refractivity contribution in [1.29, 1.82) is 0 Å². The Morgan fingerprint density at radius 1 is 1.09 bits per heavy atom. The van der Waals surface area contributed by atoms with Gasteiger partial charge in [0.1, 0.15) is 17.4 Å². The van der Waals surface area contributed by atoms with Crippen molar-refractivity contribution < 1.29 is 53.1 Å². The first-order valence-electron chi connectivity index (χ1n) is 16.1. The first-order chi connectivity index (χ1) is 21.9. The van der Waals surface area contributed by atoms with Gasteiger partial charge in [-0.05, 0) is 91.1 Å². The van der Waals surface area contributed by atoms with Crippen molar-refractivity contribution in [3.63, 3.8) is 0 Å². The van der Waals surface area contributed by atoms with Gasteiger partial charge in [-0.1, -0.05) is 19.9 Å². The first kappa shape index (κ1) is 34.5. The minimum atomic E-state index is -1.37. The minimum absolute atomic E-state index is 0.0427. The van der Waals surface area contributed by atoms with Crippen molar-refractivity contribution in [3.05, 3.63) is 35.1 Å². The van der Waals surface area contributed by atoms with Gasteiger partial charge < -0.3 is 44.1 Å². The molecule has 0 saturated carbocycles. The van der Waals surface area contributed by atoms with Crippen LogP contribution in [0, 0.1) is 5.92 Å². The lowest BCUT2D eigenvalue weighted by Crippen LogP contribution is -2.74. The molecule has 1 aromatic carbocycles. The molecule has 1 aromatic rings. The number of rotatable bonds is 9. The van der Waals surface area contributed by atoms with Gasteiger partial charge in [0.15, 0.2) is 29.8 Å². The zero-order valence-corrected chi connectivity index (χ0v) is 28.2. The zero-order valence-electron chi connectivity index (χ0n) is 28.2. The van der Waals surface area contributed by atoms with Gasteiger partial charge in [0.2, 0.25) is 0 Å². The van der Waals surface area contributed by atoms with Gasteiger partial charge in [-0.2, -0.15) is 0 Å². The number of ether oxygens (including phenoxy) is 5. The second kappa shape index (κ2) is 12.3. The fourth-order valence-corrected chi connectivity index (χ4v) is 7.39. The summed E-state index contributed by atoms with van der Waals surface area (Å²) in [4.78, 5) is 53.6. The third-order valence-corrected chi connectivity index (χ3v) is 9.54. The Balaban J connectivity index is 1.28. The largest absolute Gasteiger partial charge is 0.509 e. The van der Waals surface area contributed by atoms with Gasteiger partial charge in [0.25, 0.3) is 5.91 Å². The summed E-state index contributed by atoms with van der Waals surface area (Å²) in [5, 5.41) is 25.6. The molecule has 2 aliphatic carbocycles. The van der Waals surface area contributed by atoms with E-state index in [1.165, 1.54) is 13.8 Å². The summed E-state index contributed by atoms with van der Waals surface area (Å²) in [5.74, 6) is -2.10. The molecule has 2 aliphatic heterocycles. The second-order valence-corrected chi connectivity index (χ2v) is 14.5. The molecular weight excluding hydrogens is 612 g/mol. The lowest BCUT2D eigenvalue weighted by atomic mass is 9.50. The van der Waals surface area contributed by atoms with Crippen LogP contribution in [0.25, 0.3) is 0 Å². The fraction of sp³-hybridized carbons (Fsp3) is 0.647. The SMILES string of the molecule is CC(C)C[C@H](NC(=O)[C@H](C)OC(=O)OC(C)(C)C)C(=O)O[C@@H](C)C(=O)OC1=CC[C@@]2(O)[C@H]3Cc4ccc(O)c5c4[C@@]2(CCN3C)[C@H]1O5. The fourth-order valence-electron chi connectivity index (χ4n) is 7.39. The predicted octanol–water partition coefficient (Wildman–Crippen LogP) is 3.02. The average molecular weight is 659 g/mol. The van der Waals surface area contributed by atoms with Crippen LogP contribution in [0.5, 0.6) is 11.5 Å². The summed E-state index contributed by atoms with van der Waals surface area (Å²) in [6, 6.07) is 2.09. The predicted molar refractivity (Wildman–Crippen MR) is 166 cm³/mol. The van der Waals surface area contributed by atoms with Crippen molar-refractivity contribution >= 4 is 24.0 Å². The number of esters is 2. The molecule has 2 heterocycles. The van der Waals surface area contributed by atoms with Crippen LogP contribution in [-0.4, -0.2) is 94.3 Å². The Morgan fingerprint density at radius 2 is 1.79 bits per heavy atom. The van der Waals surface area contributed by atoms with Crippen molar-refractivity contribution in [2.24, 2.45) is 5.92 Å². The van der Waals surface area contributed by atoms with Crippen LogP contribution in [0.15, 0.2) is 24.0 Å². The van der Waals surface area contributed by atoms with Crippen LogP contribution >= 0.6 is 0 Å². The maximum atomic E-state index is 13.4. The van der Waals surface area contributed by atoms with Gasteiger partial charge in [-0.15, -0.1) is 0 Å². The molecule has 1 amide bonds. The molecule has 1 spiro atoms. The number of carbonyl (C=O) groups is 4. The smallest absolute Gasteiger partial charge is 0.504 e. The summed E-state index contributed by atoms with van der Waals surface area (Å²) < 4.78 is 27.8. The van der Waals surface area contributed by atoms with E-state index < -0.39 is 65.0 Å². The molecule has 3 N–H and O–H groups in total. The van der Waals surface area contributed by atoms with Crippen LogP contribution in [0.4, 0.5) is 4.79 Å². The Hall–Kier alpha value is -3.84. The van der Waals surface area contributed by atoms with E-state index in [9.17, 15) is 29.4 Å². The molecule has 1 fully saturated rings. The lowest BCUT2D eigenvalue weighted by molar-refractivity contribution is -0.176. The first-order valence-corrected chi connectivity index (χ1v) is 16.1. The molecule has 0 radical (unpaired) electrons. The van der Waals surface area contributed by atoms with Crippen molar-refractivity contribution in [1.82, 2.24) is 10.2 Å². The van der Waals surface area contributed by atoms with E-state index in [2.05, 4.69) is 10.2 Å². The molecular formula is C34H46N2O11. The lowest BCUT2D eigenvalue weighted by Gasteiger charge is -2.61. The number of phenols is 1. The number of piperidine rings is 1. The number of nitrogens with zero attached hydrogens (tertiary/aromatic N) is 1. The Kier molecular flexibility index (Phi) is 9.04. The highest BCUT2D eigenvalue weighted by atomic mass is 16.7. The van der Waals surface area contributed by atoms with E-state index in [-0.39, 0.29) is 42.1 Å². The Bertz CT molecular complexity index is 1480. The van der Waals surface area contributed by atoms with E-state index in [0.29, 0.717) is 19.4 Å². The Labute approximate surface area is 274 Å². The molecule has 7 atom stereocenters. The topological polar surface area (TPSA) is 170 Å². The highest BCUT2D eigenvalue weighted by Crippen LogP contribution is 2.65. The van der Waals surface area contributed by atoms with Crippen LogP contribution in [0.3, 0.4) is 0 Å². The number of aliphatic hydroxyl groups is 1. The summed E-state index contributed by atoms with van der Waals surface area (Å²) in [6.45, 7) is 12.0. The average Bonchev–Trinajstić information content (AvgIpc) is 3.32. The molecule has 0 unspecified atom stereocenters. The number of nitrogens with one attached hydrogen (secondary N) is 1. The van der Waals surface area contributed by atoms with Crippen LogP contribution in [-0.2, 0) is 45.2 Å².